The van der Waals surface area contributed by atoms with Crippen molar-refractivity contribution in [1.82, 2.24) is 0 Å². The summed E-state index contributed by atoms with van der Waals surface area (Å²) in [5, 5.41) is 89.4. The second-order valence-corrected chi connectivity index (χ2v) is 21.6. The molecule has 0 radical (unpaired) electrons. The molecule has 7 rings (SSSR count). The van der Waals surface area contributed by atoms with Gasteiger partial charge in [0.2, 0.25) is 0 Å². The van der Waals surface area contributed by atoms with Crippen molar-refractivity contribution in [2.75, 3.05) is 26.9 Å². The summed E-state index contributed by atoms with van der Waals surface area (Å²) < 4.78 is 35.9. The number of allylic oxidation sites excluding steroid dienone is 1. The number of fused-ring (bicyclic) bond motifs is 7. The molecule has 0 aromatic carbocycles. The molecule has 0 aromatic heterocycles. The van der Waals surface area contributed by atoms with Crippen molar-refractivity contribution in [1.29, 1.82) is 0 Å². The number of aliphatic hydroxyl groups is 8. The largest absolute Gasteiger partial charge is 0.463 e. The van der Waals surface area contributed by atoms with Crippen LogP contribution in [0.1, 0.15) is 107 Å². The fourth-order valence-corrected chi connectivity index (χ4v) is 14.2. The van der Waals surface area contributed by atoms with Gasteiger partial charge in [0.15, 0.2) is 12.6 Å². The van der Waals surface area contributed by atoms with Crippen LogP contribution in [0.3, 0.4) is 0 Å². The highest BCUT2D eigenvalue weighted by molar-refractivity contribution is 5.65. The maximum Gasteiger partial charge on any atom is 0.302 e. The van der Waals surface area contributed by atoms with Crippen molar-refractivity contribution in [2.24, 2.45) is 50.2 Å². The van der Waals surface area contributed by atoms with Crippen LogP contribution in [-0.4, -0.2) is 153 Å². The molecule has 60 heavy (non-hydrogen) atoms. The molecule has 15 nitrogen and oxygen atoms in total. The Bertz CT molecular complexity index is 1610. The lowest BCUT2D eigenvalue weighted by Gasteiger charge is -2.73. The lowest BCUT2D eigenvalue weighted by atomic mass is 9.32. The molecule has 0 bridgehead atoms. The molecular formula is C45H74O15. The molecule has 15 heteroatoms. The maximum atomic E-state index is 12.1. The first kappa shape index (κ1) is 46.7. The maximum absolute atomic E-state index is 12.1. The standard InChI is InChI=1S/C45H74O15/c1-22-31(50)36(60-38-34(53)33(52)32(51)27(58-38)19-56-23(2)48)35(54)39(57-22)59-30-11-12-41(5)28(42(30,6)20-46)10-13-43(7)37(41)26(55-9)16-24-25-17-40(3,4)14-15-45(25,21-47)29(49)18-44(24,43)8/h16,22,25-39,46-47,49-54H,10-15,17-21H2,1-9H3/t22-,25+,26-,27-,28-,29-,30+,31+,32-,33+,34-,35-,36+,37-,38+,39+,41+,42+,43-,44-,45-/m1/s1. The summed E-state index contributed by atoms with van der Waals surface area (Å²) in [7, 11) is 1.77. The van der Waals surface area contributed by atoms with Crippen molar-refractivity contribution in [2.45, 2.75) is 186 Å². The topological polar surface area (TPSA) is 234 Å². The highest BCUT2D eigenvalue weighted by atomic mass is 16.7. The van der Waals surface area contributed by atoms with Gasteiger partial charge in [0.1, 0.15) is 49.3 Å². The summed E-state index contributed by atoms with van der Waals surface area (Å²) in [6.45, 7) is 15.7. The highest BCUT2D eigenvalue weighted by Gasteiger charge is 2.72. The molecule has 2 heterocycles. The Kier molecular flexibility index (Phi) is 12.7. The van der Waals surface area contributed by atoms with Crippen molar-refractivity contribution in [3.05, 3.63) is 11.6 Å². The second kappa shape index (κ2) is 16.3. The van der Waals surface area contributed by atoms with E-state index in [1.165, 1.54) is 12.5 Å². The van der Waals surface area contributed by atoms with Gasteiger partial charge in [-0.3, -0.25) is 4.79 Å². The van der Waals surface area contributed by atoms with Gasteiger partial charge in [0.25, 0.3) is 0 Å². The van der Waals surface area contributed by atoms with Gasteiger partial charge in [-0.15, -0.1) is 0 Å². The predicted octanol–water partition coefficient (Wildman–Crippen LogP) is 1.96. The quantitative estimate of drug-likeness (QED) is 0.0941. The van der Waals surface area contributed by atoms with E-state index in [1.807, 2.05) is 6.92 Å². The van der Waals surface area contributed by atoms with Crippen LogP contribution in [0.5, 0.6) is 0 Å². The first-order valence-electron chi connectivity index (χ1n) is 22.3. The van der Waals surface area contributed by atoms with Crippen LogP contribution >= 0.6 is 0 Å². The Labute approximate surface area is 354 Å². The number of hydrogen-bond donors (Lipinski definition) is 8. The molecule has 0 spiro atoms. The summed E-state index contributed by atoms with van der Waals surface area (Å²) in [5.74, 6) is -0.654. The van der Waals surface area contributed by atoms with Crippen LogP contribution in [0, 0.1) is 50.2 Å². The Morgan fingerprint density at radius 3 is 2.12 bits per heavy atom. The minimum absolute atomic E-state index is 0.0182. The zero-order valence-electron chi connectivity index (χ0n) is 37.0. The Hall–Kier alpha value is -1.31. The van der Waals surface area contributed by atoms with Crippen molar-refractivity contribution in [3.63, 3.8) is 0 Å². The number of methoxy groups -OCH3 is 1. The molecule has 8 N–H and O–H groups in total. The van der Waals surface area contributed by atoms with Crippen molar-refractivity contribution < 1.29 is 74.1 Å². The summed E-state index contributed by atoms with van der Waals surface area (Å²) >= 11 is 0. The van der Waals surface area contributed by atoms with Crippen molar-refractivity contribution >= 4 is 5.97 Å². The zero-order chi connectivity index (χ0) is 44.1. The fraction of sp³-hybridized carbons (Fsp3) is 0.933. The molecule has 6 fully saturated rings. The Balaban J connectivity index is 1.15. The third kappa shape index (κ3) is 7.07. The Morgan fingerprint density at radius 2 is 1.48 bits per heavy atom. The van der Waals surface area contributed by atoms with Gasteiger partial charge in [-0.2, -0.15) is 0 Å². The van der Waals surface area contributed by atoms with Gasteiger partial charge >= 0.3 is 5.97 Å². The van der Waals surface area contributed by atoms with Gasteiger partial charge in [-0.05, 0) is 91.8 Å². The molecule has 2 saturated heterocycles. The number of esters is 1. The minimum Gasteiger partial charge on any atom is -0.463 e. The molecule has 344 valence electrons. The third-order valence-corrected chi connectivity index (χ3v) is 17.9. The lowest BCUT2D eigenvalue weighted by Crippen LogP contribution is -2.70. The molecule has 2 aliphatic heterocycles. The molecule has 0 unspecified atom stereocenters. The van der Waals surface area contributed by atoms with Gasteiger partial charge < -0.3 is 69.3 Å². The molecule has 7 aliphatic rings. The molecule has 4 saturated carbocycles. The van der Waals surface area contributed by atoms with Crippen molar-refractivity contribution in [3.8, 4) is 0 Å². The smallest absolute Gasteiger partial charge is 0.302 e. The van der Waals surface area contributed by atoms with E-state index < -0.39 is 97.0 Å². The van der Waals surface area contributed by atoms with E-state index in [0.29, 0.717) is 19.3 Å². The molecule has 0 aromatic rings. The van der Waals surface area contributed by atoms with Gasteiger partial charge in [0, 0.05) is 30.8 Å². The van der Waals surface area contributed by atoms with E-state index in [4.69, 9.17) is 28.4 Å². The molecule has 5 aliphatic carbocycles. The van der Waals surface area contributed by atoms with Crippen LogP contribution < -0.4 is 0 Å². The monoisotopic (exact) mass is 855 g/mol. The number of aliphatic hydroxyl groups excluding tert-OH is 8. The fourth-order valence-electron chi connectivity index (χ4n) is 14.2. The van der Waals surface area contributed by atoms with Gasteiger partial charge in [-0.1, -0.05) is 53.2 Å². The summed E-state index contributed by atoms with van der Waals surface area (Å²) in [6.07, 6.45) is -7.88. The van der Waals surface area contributed by atoms with Gasteiger partial charge in [0.05, 0.1) is 37.6 Å². The van der Waals surface area contributed by atoms with E-state index in [2.05, 4.69) is 40.7 Å². The summed E-state index contributed by atoms with van der Waals surface area (Å²) in [5.41, 5.74) is -1.01. The molecule has 21 atom stereocenters. The van der Waals surface area contributed by atoms with E-state index in [1.54, 1.807) is 14.0 Å². The van der Waals surface area contributed by atoms with E-state index in [9.17, 15) is 45.6 Å². The number of carbonyl (C=O) groups is 1. The molecular weight excluding hydrogens is 780 g/mol. The first-order valence-corrected chi connectivity index (χ1v) is 22.3. The number of ether oxygens (including phenoxy) is 6. The highest BCUT2D eigenvalue weighted by Crippen LogP contribution is 2.76. The number of hydrogen-bond acceptors (Lipinski definition) is 15. The minimum atomic E-state index is -1.77. The van der Waals surface area contributed by atoms with Crippen LogP contribution in [0.2, 0.25) is 0 Å². The average Bonchev–Trinajstić information content (AvgIpc) is 3.19. The summed E-state index contributed by atoms with van der Waals surface area (Å²) in [6, 6.07) is 0. The van der Waals surface area contributed by atoms with Crippen LogP contribution in [0.25, 0.3) is 0 Å². The molecule has 0 amide bonds. The third-order valence-electron chi connectivity index (χ3n) is 17.9. The first-order chi connectivity index (χ1) is 28.0. The second-order valence-electron chi connectivity index (χ2n) is 21.6. The van der Waals surface area contributed by atoms with Gasteiger partial charge in [-0.25, -0.2) is 0 Å². The summed E-state index contributed by atoms with van der Waals surface area (Å²) in [4.78, 5) is 11.4. The number of carbonyl (C=O) groups excluding carboxylic acids is 1. The lowest BCUT2D eigenvalue weighted by molar-refractivity contribution is -0.368. The van der Waals surface area contributed by atoms with Crippen LogP contribution in [-0.2, 0) is 33.2 Å². The zero-order valence-corrected chi connectivity index (χ0v) is 37.0. The van der Waals surface area contributed by atoms with Crippen LogP contribution in [0.15, 0.2) is 11.6 Å². The normalized spacial score (nSPS) is 53.8. The average molecular weight is 855 g/mol. The van der Waals surface area contributed by atoms with E-state index in [0.717, 1.165) is 32.1 Å². The van der Waals surface area contributed by atoms with Crippen LogP contribution in [0.4, 0.5) is 0 Å². The SMILES string of the molecule is CO[C@@H]1C=C2[C@@H]3CC(C)(C)CC[C@]3(CO)[C@H](O)C[C@@]2(C)[C@]2(C)CC[C@H]3[C@](C)(CO)[C@@H](O[C@@H]4O[C@H](C)[C@H](O)[C@H](O[C@@H]5O[C@H](COC(C)=O)[C@@H](O)[C@H](O)[C@H]5O)[C@H]4O)CC[C@]3(C)[C@@H]12. The van der Waals surface area contributed by atoms with E-state index in [-0.39, 0.29) is 58.7 Å². The van der Waals surface area contributed by atoms with E-state index >= 15 is 0 Å². The predicted molar refractivity (Wildman–Crippen MR) is 215 cm³/mol. The number of rotatable bonds is 9. The Morgan fingerprint density at radius 1 is 0.800 bits per heavy atom.